The van der Waals surface area contributed by atoms with Gasteiger partial charge in [0.05, 0.1) is 17.1 Å². The van der Waals surface area contributed by atoms with Crippen molar-refractivity contribution >= 4 is 23.4 Å². The lowest BCUT2D eigenvalue weighted by Gasteiger charge is -2.07. The van der Waals surface area contributed by atoms with E-state index in [0.717, 1.165) is 44.5 Å². The minimum Gasteiger partial charge on any atom is -0.332 e. The number of nitrogens with zero attached hydrogens (tertiary/aromatic N) is 1. The number of hydrogen-bond acceptors (Lipinski definition) is 3. The monoisotopic (exact) mass is 413 g/mol. The number of rotatable bonds is 6. The molecule has 0 aliphatic rings. The largest absolute Gasteiger partial charge is 0.332 e. The Bertz CT molecular complexity index is 1080. The maximum atomic E-state index is 12.5. The third-order valence-electron chi connectivity index (χ3n) is 4.64. The van der Waals surface area contributed by atoms with Gasteiger partial charge in [0.1, 0.15) is 0 Å². The van der Waals surface area contributed by atoms with Crippen molar-refractivity contribution in [3.05, 3.63) is 90.0 Å². The fraction of sp³-hybridized carbons (Fsp3) is 0.120. The van der Waals surface area contributed by atoms with Gasteiger partial charge in [-0.2, -0.15) is 0 Å². The number of aromatic amines is 1. The molecule has 0 aliphatic carbocycles. The molecule has 1 amide bonds. The molecule has 0 saturated carbocycles. The molecule has 0 atom stereocenters. The molecule has 1 heterocycles. The molecule has 0 aliphatic heterocycles. The second-order valence-electron chi connectivity index (χ2n) is 7.21. The molecule has 150 valence electrons. The highest BCUT2D eigenvalue weighted by molar-refractivity contribution is 7.99. The highest BCUT2D eigenvalue weighted by atomic mass is 32.2. The summed E-state index contributed by atoms with van der Waals surface area (Å²) in [6.45, 7) is 4.05. The number of nitrogens with one attached hydrogen (secondary N) is 2. The van der Waals surface area contributed by atoms with Gasteiger partial charge in [-0.1, -0.05) is 78.5 Å². The van der Waals surface area contributed by atoms with Crippen LogP contribution in [0, 0.1) is 13.8 Å². The van der Waals surface area contributed by atoms with E-state index in [1.807, 2.05) is 74.5 Å². The third kappa shape index (κ3) is 4.81. The number of H-pyrrole nitrogens is 1. The Morgan fingerprint density at radius 2 is 1.50 bits per heavy atom. The molecular formula is C25H23N3OS. The molecule has 4 rings (SSSR count). The summed E-state index contributed by atoms with van der Waals surface area (Å²) >= 11 is 1.40. The van der Waals surface area contributed by atoms with Gasteiger partial charge >= 0.3 is 0 Å². The van der Waals surface area contributed by atoms with Gasteiger partial charge in [0.25, 0.3) is 0 Å². The first-order valence-electron chi connectivity index (χ1n) is 9.80. The van der Waals surface area contributed by atoms with Gasteiger partial charge in [-0.15, -0.1) is 0 Å². The lowest BCUT2D eigenvalue weighted by atomic mass is 10.1. The predicted molar refractivity (Wildman–Crippen MR) is 125 cm³/mol. The van der Waals surface area contributed by atoms with Gasteiger partial charge in [0, 0.05) is 16.8 Å². The summed E-state index contributed by atoms with van der Waals surface area (Å²) in [5, 5.41) is 3.70. The van der Waals surface area contributed by atoms with Crippen molar-refractivity contribution in [2.45, 2.75) is 19.0 Å². The van der Waals surface area contributed by atoms with Crippen molar-refractivity contribution < 1.29 is 4.79 Å². The van der Waals surface area contributed by atoms with Crippen LogP contribution in [0.25, 0.3) is 22.5 Å². The van der Waals surface area contributed by atoms with Crippen LogP contribution in [-0.2, 0) is 4.79 Å². The molecule has 0 fully saturated rings. The van der Waals surface area contributed by atoms with Gasteiger partial charge in [0.15, 0.2) is 5.16 Å². The normalized spacial score (nSPS) is 10.7. The van der Waals surface area contributed by atoms with E-state index in [1.165, 1.54) is 11.8 Å². The second-order valence-corrected chi connectivity index (χ2v) is 8.17. The maximum Gasteiger partial charge on any atom is 0.234 e. The van der Waals surface area contributed by atoms with Crippen molar-refractivity contribution in [3.8, 4) is 22.5 Å². The van der Waals surface area contributed by atoms with Gasteiger partial charge in [-0.05, 0) is 37.1 Å². The van der Waals surface area contributed by atoms with Crippen LogP contribution in [0.3, 0.4) is 0 Å². The zero-order valence-electron chi connectivity index (χ0n) is 17.0. The molecule has 5 heteroatoms. The molecule has 4 nitrogen and oxygen atoms in total. The van der Waals surface area contributed by atoms with E-state index in [4.69, 9.17) is 4.98 Å². The Labute approximate surface area is 180 Å². The molecule has 0 spiro atoms. The summed E-state index contributed by atoms with van der Waals surface area (Å²) in [6.07, 6.45) is 0. The van der Waals surface area contributed by atoms with Crippen molar-refractivity contribution in [1.29, 1.82) is 0 Å². The molecule has 0 unspecified atom stereocenters. The first-order chi connectivity index (χ1) is 14.6. The molecule has 3 aromatic carbocycles. The minimum atomic E-state index is -0.0519. The van der Waals surface area contributed by atoms with Gasteiger partial charge in [0.2, 0.25) is 5.91 Å². The zero-order chi connectivity index (χ0) is 20.9. The highest BCUT2D eigenvalue weighted by Crippen LogP contribution is 2.32. The fourth-order valence-corrected chi connectivity index (χ4v) is 4.09. The number of hydrogen-bond donors (Lipinski definition) is 2. The summed E-state index contributed by atoms with van der Waals surface area (Å²) in [6, 6.07) is 26.3. The Morgan fingerprint density at radius 1 is 0.900 bits per heavy atom. The number of carbonyl (C=O) groups excluding carboxylic acids is 1. The summed E-state index contributed by atoms with van der Waals surface area (Å²) in [5.74, 6) is 0.229. The lowest BCUT2D eigenvalue weighted by molar-refractivity contribution is -0.113. The summed E-state index contributed by atoms with van der Waals surface area (Å²) in [5.41, 5.74) is 7.04. The van der Waals surface area contributed by atoms with E-state index in [1.54, 1.807) is 0 Å². The Kier molecular flexibility index (Phi) is 6.00. The van der Waals surface area contributed by atoms with Gasteiger partial charge < -0.3 is 10.3 Å². The van der Waals surface area contributed by atoms with E-state index >= 15 is 0 Å². The number of thioether (sulfide) groups is 1. The second kappa shape index (κ2) is 9.01. The topological polar surface area (TPSA) is 57.8 Å². The average Bonchev–Trinajstić information content (AvgIpc) is 3.17. The zero-order valence-corrected chi connectivity index (χ0v) is 17.8. The van der Waals surface area contributed by atoms with Crippen LogP contribution in [-0.4, -0.2) is 21.6 Å². The molecule has 4 aromatic rings. The van der Waals surface area contributed by atoms with Gasteiger partial charge in [-0.25, -0.2) is 4.98 Å². The SMILES string of the molecule is Cc1cc(C)cc(NC(=O)CSc2nc(-c3ccccc3)c(-c3ccccc3)[nH]2)c1. The first-order valence-corrected chi connectivity index (χ1v) is 10.8. The van der Waals surface area contributed by atoms with Crippen LogP contribution in [0.15, 0.2) is 84.0 Å². The maximum absolute atomic E-state index is 12.5. The number of carbonyl (C=O) groups is 1. The molecule has 1 aromatic heterocycles. The van der Waals surface area contributed by atoms with E-state index in [2.05, 4.69) is 28.5 Å². The van der Waals surface area contributed by atoms with Crippen LogP contribution < -0.4 is 5.32 Å². The Balaban J connectivity index is 1.53. The van der Waals surface area contributed by atoms with Crippen LogP contribution in [0.2, 0.25) is 0 Å². The summed E-state index contributed by atoms with van der Waals surface area (Å²) in [4.78, 5) is 20.7. The molecular weight excluding hydrogens is 390 g/mol. The van der Waals surface area contributed by atoms with E-state index in [-0.39, 0.29) is 11.7 Å². The van der Waals surface area contributed by atoms with Crippen LogP contribution in [0.5, 0.6) is 0 Å². The quantitative estimate of drug-likeness (QED) is 0.376. The third-order valence-corrected chi connectivity index (χ3v) is 5.51. The van der Waals surface area contributed by atoms with Crippen LogP contribution in [0.4, 0.5) is 5.69 Å². The molecule has 0 radical (unpaired) electrons. The molecule has 30 heavy (non-hydrogen) atoms. The van der Waals surface area contributed by atoms with Gasteiger partial charge in [-0.3, -0.25) is 4.79 Å². The number of benzene rings is 3. The minimum absolute atomic E-state index is 0.0519. The van der Waals surface area contributed by atoms with Crippen molar-refractivity contribution in [2.24, 2.45) is 0 Å². The molecule has 0 bridgehead atoms. The smallest absolute Gasteiger partial charge is 0.234 e. The summed E-state index contributed by atoms with van der Waals surface area (Å²) in [7, 11) is 0. The lowest BCUT2D eigenvalue weighted by Crippen LogP contribution is -2.14. The van der Waals surface area contributed by atoms with Crippen molar-refractivity contribution in [1.82, 2.24) is 9.97 Å². The van der Waals surface area contributed by atoms with E-state index < -0.39 is 0 Å². The van der Waals surface area contributed by atoms with Crippen LogP contribution in [0.1, 0.15) is 11.1 Å². The number of amides is 1. The first kappa shape index (κ1) is 20.0. The standard InChI is InChI=1S/C25H23N3OS/c1-17-13-18(2)15-21(14-17)26-22(29)16-30-25-27-23(19-9-5-3-6-10-19)24(28-25)20-11-7-4-8-12-20/h3-15H,16H2,1-2H3,(H,26,29)(H,27,28). The van der Waals surface area contributed by atoms with Crippen molar-refractivity contribution in [2.75, 3.05) is 11.1 Å². The predicted octanol–water partition coefficient (Wildman–Crippen LogP) is 6.09. The van der Waals surface area contributed by atoms with Crippen LogP contribution >= 0.6 is 11.8 Å². The van der Waals surface area contributed by atoms with E-state index in [0.29, 0.717) is 0 Å². The summed E-state index contributed by atoms with van der Waals surface area (Å²) < 4.78 is 0. The van der Waals surface area contributed by atoms with Crippen molar-refractivity contribution in [3.63, 3.8) is 0 Å². The number of anilines is 1. The number of imidazole rings is 1. The number of aromatic nitrogens is 2. The Morgan fingerprint density at radius 3 is 2.13 bits per heavy atom. The Hall–Kier alpha value is -3.31. The number of aryl methyl sites for hydroxylation is 2. The highest BCUT2D eigenvalue weighted by Gasteiger charge is 2.15. The fourth-order valence-electron chi connectivity index (χ4n) is 3.42. The average molecular weight is 414 g/mol. The molecule has 0 saturated heterocycles. The van der Waals surface area contributed by atoms with E-state index in [9.17, 15) is 4.79 Å². The molecule has 2 N–H and O–H groups in total.